The van der Waals surface area contributed by atoms with Gasteiger partial charge in [0.1, 0.15) is 27.4 Å². The fourth-order valence-corrected chi connectivity index (χ4v) is 4.33. The molecule has 0 saturated heterocycles. The number of carbonyl (C=O) groups excluding carboxylic acids is 2. The molecule has 7 nitrogen and oxygen atoms in total. The Morgan fingerprint density at radius 3 is 2.65 bits per heavy atom. The minimum atomic E-state index is -0.552. The fourth-order valence-electron chi connectivity index (χ4n) is 3.26. The lowest BCUT2D eigenvalue weighted by Gasteiger charge is -2.09. The van der Waals surface area contributed by atoms with Crippen LogP contribution >= 0.6 is 11.3 Å². The Labute approximate surface area is 181 Å². The molecule has 0 spiro atoms. The summed E-state index contributed by atoms with van der Waals surface area (Å²) in [5, 5.41) is 13.3. The quantitative estimate of drug-likeness (QED) is 0.452. The van der Waals surface area contributed by atoms with E-state index in [1.807, 2.05) is 31.2 Å². The summed E-state index contributed by atoms with van der Waals surface area (Å²) < 4.78 is 10.5. The first-order valence-electron chi connectivity index (χ1n) is 9.32. The van der Waals surface area contributed by atoms with Crippen LogP contribution in [0.2, 0.25) is 0 Å². The Bertz CT molecular complexity index is 1380. The zero-order valence-electron chi connectivity index (χ0n) is 17.0. The minimum Gasteiger partial charge on any atom is -0.465 e. The number of nitrogens with one attached hydrogen (secondary N) is 1. The molecule has 3 aromatic heterocycles. The number of hydrogen-bond acceptors (Lipinski definition) is 7. The summed E-state index contributed by atoms with van der Waals surface area (Å²) >= 11 is 1.01. The van der Waals surface area contributed by atoms with E-state index in [1.54, 1.807) is 25.1 Å². The number of thiophene rings is 1. The van der Waals surface area contributed by atoms with Crippen molar-refractivity contribution in [1.29, 1.82) is 5.26 Å². The summed E-state index contributed by atoms with van der Waals surface area (Å²) in [7, 11) is 1.27. The molecule has 3 heterocycles. The highest BCUT2D eigenvalue weighted by molar-refractivity contribution is 7.18. The number of pyridine rings is 1. The van der Waals surface area contributed by atoms with E-state index in [9.17, 15) is 14.9 Å². The van der Waals surface area contributed by atoms with Crippen LogP contribution in [0.15, 0.2) is 46.9 Å². The number of aromatic nitrogens is 1. The Hall–Kier alpha value is -3.96. The number of esters is 1. The Kier molecular flexibility index (Phi) is 5.28. The van der Waals surface area contributed by atoms with Gasteiger partial charge in [-0.25, -0.2) is 9.78 Å². The standard InChI is InChI=1S/C23H17N3O4S/c1-12-8-9-19(30-12)18-10-15(14-6-4-5-7-17(14)25-18)21(27)26-22-16(11-24)13(2)20(31-22)23(28)29-3/h4-10H,1-3H3,(H,26,27). The van der Waals surface area contributed by atoms with Gasteiger partial charge in [-0.2, -0.15) is 5.26 Å². The molecular formula is C23H17N3O4S. The Morgan fingerprint density at radius 1 is 1.19 bits per heavy atom. The van der Waals surface area contributed by atoms with Gasteiger partial charge in [-0.05, 0) is 43.7 Å². The number of benzene rings is 1. The van der Waals surface area contributed by atoms with Crippen molar-refractivity contribution in [2.75, 3.05) is 12.4 Å². The summed E-state index contributed by atoms with van der Waals surface area (Å²) in [6, 6.07) is 14.6. The first-order valence-corrected chi connectivity index (χ1v) is 10.1. The number of anilines is 1. The number of aryl methyl sites for hydroxylation is 1. The van der Waals surface area contributed by atoms with Crippen molar-refractivity contribution in [1.82, 2.24) is 4.98 Å². The van der Waals surface area contributed by atoms with Crippen LogP contribution in [0.3, 0.4) is 0 Å². The predicted molar refractivity (Wildman–Crippen MR) is 117 cm³/mol. The third kappa shape index (κ3) is 3.67. The monoisotopic (exact) mass is 431 g/mol. The van der Waals surface area contributed by atoms with Crippen molar-refractivity contribution in [2.24, 2.45) is 0 Å². The number of nitriles is 1. The molecule has 0 aliphatic rings. The minimum absolute atomic E-state index is 0.235. The summed E-state index contributed by atoms with van der Waals surface area (Å²) in [5.41, 5.74) is 2.25. The number of amides is 1. The number of rotatable bonds is 4. The van der Waals surface area contributed by atoms with E-state index in [0.29, 0.717) is 38.5 Å². The number of fused-ring (bicyclic) bond motifs is 1. The summed E-state index contributed by atoms with van der Waals surface area (Å²) in [6.45, 7) is 3.48. The van der Waals surface area contributed by atoms with E-state index < -0.39 is 11.9 Å². The van der Waals surface area contributed by atoms with Gasteiger partial charge in [0.15, 0.2) is 5.76 Å². The van der Waals surface area contributed by atoms with Gasteiger partial charge < -0.3 is 14.5 Å². The summed E-state index contributed by atoms with van der Waals surface area (Å²) in [5.74, 6) is 0.315. The van der Waals surface area contributed by atoms with Gasteiger partial charge in [0.2, 0.25) is 0 Å². The number of carbonyl (C=O) groups is 2. The maximum Gasteiger partial charge on any atom is 0.348 e. The lowest BCUT2D eigenvalue weighted by Crippen LogP contribution is -2.13. The second-order valence-corrected chi connectivity index (χ2v) is 7.82. The van der Waals surface area contributed by atoms with Crippen LogP contribution in [0.4, 0.5) is 5.00 Å². The van der Waals surface area contributed by atoms with Gasteiger partial charge in [0, 0.05) is 5.39 Å². The third-order valence-corrected chi connectivity index (χ3v) is 6.00. The number of furan rings is 1. The highest BCUT2D eigenvalue weighted by Crippen LogP contribution is 2.34. The molecule has 0 atom stereocenters. The second kappa shape index (κ2) is 8.05. The van der Waals surface area contributed by atoms with Gasteiger partial charge in [0.05, 0.1) is 23.8 Å². The molecule has 1 N–H and O–H groups in total. The normalized spacial score (nSPS) is 10.6. The van der Waals surface area contributed by atoms with Crippen LogP contribution in [0.1, 0.15) is 36.9 Å². The third-order valence-electron chi connectivity index (χ3n) is 4.81. The molecular weight excluding hydrogens is 414 g/mol. The molecule has 0 saturated carbocycles. The number of nitrogens with zero attached hydrogens (tertiary/aromatic N) is 2. The maximum absolute atomic E-state index is 13.3. The molecule has 8 heteroatoms. The van der Waals surface area contributed by atoms with E-state index in [1.165, 1.54) is 7.11 Å². The number of methoxy groups -OCH3 is 1. The van der Waals surface area contributed by atoms with Gasteiger partial charge >= 0.3 is 5.97 Å². The number of para-hydroxylation sites is 1. The molecule has 4 aromatic rings. The van der Waals surface area contributed by atoms with E-state index in [-0.39, 0.29) is 10.4 Å². The molecule has 4 rings (SSSR count). The molecule has 0 aliphatic carbocycles. The van der Waals surface area contributed by atoms with Gasteiger partial charge in [-0.15, -0.1) is 11.3 Å². The molecule has 0 aliphatic heterocycles. The van der Waals surface area contributed by atoms with Crippen molar-refractivity contribution in [3.8, 4) is 17.5 Å². The second-order valence-electron chi connectivity index (χ2n) is 6.80. The van der Waals surface area contributed by atoms with E-state index in [4.69, 9.17) is 9.15 Å². The summed E-state index contributed by atoms with van der Waals surface area (Å²) in [4.78, 5) is 30.1. The molecule has 154 valence electrons. The van der Waals surface area contributed by atoms with Gasteiger partial charge in [0.25, 0.3) is 5.91 Å². The average molecular weight is 431 g/mol. The predicted octanol–water partition coefficient (Wildman–Crippen LogP) is 5.08. The molecule has 0 unspecified atom stereocenters. The van der Waals surface area contributed by atoms with Crippen molar-refractivity contribution >= 4 is 39.1 Å². The number of hydrogen-bond donors (Lipinski definition) is 1. The maximum atomic E-state index is 13.3. The highest BCUT2D eigenvalue weighted by atomic mass is 32.1. The topological polar surface area (TPSA) is 105 Å². The zero-order chi connectivity index (χ0) is 22.1. The van der Waals surface area contributed by atoms with Gasteiger partial charge in [-0.1, -0.05) is 18.2 Å². The molecule has 0 fully saturated rings. The number of ether oxygens (including phenoxy) is 1. The van der Waals surface area contributed by atoms with E-state index in [0.717, 1.165) is 17.1 Å². The smallest absolute Gasteiger partial charge is 0.348 e. The Balaban J connectivity index is 1.80. The average Bonchev–Trinajstić information content (AvgIpc) is 3.35. The van der Waals surface area contributed by atoms with Crippen LogP contribution in [-0.4, -0.2) is 24.0 Å². The lowest BCUT2D eigenvalue weighted by atomic mass is 10.1. The van der Waals surface area contributed by atoms with Gasteiger partial charge in [-0.3, -0.25) is 4.79 Å². The van der Waals surface area contributed by atoms with E-state index in [2.05, 4.69) is 16.4 Å². The van der Waals surface area contributed by atoms with Crippen LogP contribution in [0, 0.1) is 25.2 Å². The fraction of sp³-hybridized carbons (Fsp3) is 0.130. The van der Waals surface area contributed by atoms with Crippen molar-refractivity contribution in [3.63, 3.8) is 0 Å². The van der Waals surface area contributed by atoms with Crippen LogP contribution < -0.4 is 5.32 Å². The summed E-state index contributed by atoms with van der Waals surface area (Å²) in [6.07, 6.45) is 0. The van der Waals surface area contributed by atoms with Crippen LogP contribution in [0.25, 0.3) is 22.4 Å². The van der Waals surface area contributed by atoms with Crippen LogP contribution in [0.5, 0.6) is 0 Å². The van der Waals surface area contributed by atoms with E-state index >= 15 is 0 Å². The van der Waals surface area contributed by atoms with Crippen molar-refractivity contribution in [3.05, 3.63) is 69.8 Å². The van der Waals surface area contributed by atoms with Crippen LogP contribution in [-0.2, 0) is 4.74 Å². The molecule has 0 radical (unpaired) electrons. The Morgan fingerprint density at radius 2 is 1.97 bits per heavy atom. The molecule has 0 bridgehead atoms. The molecule has 1 amide bonds. The first kappa shape index (κ1) is 20.3. The van der Waals surface area contributed by atoms with Crippen molar-refractivity contribution < 1.29 is 18.7 Å². The first-order chi connectivity index (χ1) is 14.9. The lowest BCUT2D eigenvalue weighted by molar-refractivity contribution is 0.0605. The SMILES string of the molecule is COC(=O)c1sc(NC(=O)c2cc(-c3ccc(C)o3)nc3ccccc23)c(C#N)c1C. The highest BCUT2D eigenvalue weighted by Gasteiger charge is 2.23. The van der Waals surface area contributed by atoms with Crippen molar-refractivity contribution in [2.45, 2.75) is 13.8 Å². The molecule has 1 aromatic carbocycles. The molecule has 31 heavy (non-hydrogen) atoms. The largest absolute Gasteiger partial charge is 0.465 e. The zero-order valence-corrected chi connectivity index (χ0v) is 17.8.